The average molecular weight is 392 g/mol. The van der Waals surface area contributed by atoms with Crippen LogP contribution in [0.15, 0.2) is 24.3 Å². The first-order valence-electron chi connectivity index (χ1n) is 9.91. The van der Waals surface area contributed by atoms with Crippen molar-refractivity contribution in [2.75, 3.05) is 26.2 Å². The Hall–Kier alpha value is -1.59. The van der Waals surface area contributed by atoms with Gasteiger partial charge in [0.1, 0.15) is 6.04 Å². The van der Waals surface area contributed by atoms with Crippen LogP contribution in [0.25, 0.3) is 0 Å². The van der Waals surface area contributed by atoms with Gasteiger partial charge in [-0.3, -0.25) is 9.59 Å². The summed E-state index contributed by atoms with van der Waals surface area (Å²) >= 11 is 0. The quantitative estimate of drug-likeness (QED) is 0.861. The number of rotatable bonds is 3. The van der Waals surface area contributed by atoms with E-state index in [4.69, 9.17) is 0 Å². The number of nitrogens with zero attached hydrogens (tertiary/aromatic N) is 2. The van der Waals surface area contributed by atoms with Gasteiger partial charge in [0.15, 0.2) is 0 Å². The van der Waals surface area contributed by atoms with E-state index in [1.807, 2.05) is 4.90 Å². The standard InChI is InChI=1S/C21H29N3O2.ClH/c1-16-2-4-17(5-3-16)14-24-18(6-7-19(24)25)20(26)23-12-9-21(10-13-23)8-11-22-15-21;/h2-5,18,22H,6-15H2,1H3;1H. The van der Waals surface area contributed by atoms with Gasteiger partial charge in [-0.05, 0) is 50.1 Å². The maximum Gasteiger partial charge on any atom is 0.245 e. The Morgan fingerprint density at radius 3 is 2.52 bits per heavy atom. The third-order valence-corrected chi connectivity index (χ3v) is 6.55. The number of hydrogen-bond acceptors (Lipinski definition) is 3. The van der Waals surface area contributed by atoms with Crippen LogP contribution < -0.4 is 5.32 Å². The van der Waals surface area contributed by atoms with Crippen LogP contribution in [0.1, 0.15) is 43.2 Å². The second-order valence-electron chi connectivity index (χ2n) is 8.31. The SMILES string of the molecule is Cc1ccc(CN2C(=O)CCC2C(=O)N2CCC3(CCNC3)CC2)cc1.Cl. The molecule has 1 N–H and O–H groups in total. The molecule has 1 spiro atoms. The summed E-state index contributed by atoms with van der Waals surface area (Å²) in [6.07, 6.45) is 4.56. The topological polar surface area (TPSA) is 52.7 Å². The lowest BCUT2D eigenvalue weighted by Gasteiger charge is -2.40. The Morgan fingerprint density at radius 2 is 1.89 bits per heavy atom. The second kappa shape index (κ2) is 8.19. The summed E-state index contributed by atoms with van der Waals surface area (Å²) in [7, 11) is 0. The largest absolute Gasteiger partial charge is 0.341 e. The molecule has 3 fully saturated rings. The van der Waals surface area contributed by atoms with Crippen molar-refractivity contribution in [3.63, 3.8) is 0 Å². The van der Waals surface area contributed by atoms with Crippen LogP contribution in [-0.4, -0.2) is 53.8 Å². The number of piperidine rings is 1. The molecule has 148 valence electrons. The molecule has 1 unspecified atom stereocenters. The van der Waals surface area contributed by atoms with Crippen molar-refractivity contribution in [1.82, 2.24) is 15.1 Å². The van der Waals surface area contributed by atoms with Crippen LogP contribution in [0.4, 0.5) is 0 Å². The number of amides is 2. The first-order valence-corrected chi connectivity index (χ1v) is 9.91. The second-order valence-corrected chi connectivity index (χ2v) is 8.31. The van der Waals surface area contributed by atoms with E-state index >= 15 is 0 Å². The molecule has 6 heteroatoms. The fraction of sp³-hybridized carbons (Fsp3) is 0.619. The molecule has 27 heavy (non-hydrogen) atoms. The van der Waals surface area contributed by atoms with Gasteiger partial charge in [0, 0.05) is 32.6 Å². The third kappa shape index (κ3) is 4.14. The Bertz CT molecular complexity index is 675. The minimum absolute atomic E-state index is 0. The van der Waals surface area contributed by atoms with Crippen LogP contribution in [0, 0.1) is 12.3 Å². The number of halogens is 1. The first kappa shape index (κ1) is 20.2. The van der Waals surface area contributed by atoms with E-state index in [2.05, 4.69) is 36.5 Å². The molecule has 1 aromatic rings. The molecule has 0 radical (unpaired) electrons. The molecular formula is C21H30ClN3O2. The van der Waals surface area contributed by atoms with E-state index in [1.165, 1.54) is 12.0 Å². The lowest BCUT2D eigenvalue weighted by Crippen LogP contribution is -2.51. The molecule has 3 heterocycles. The van der Waals surface area contributed by atoms with Gasteiger partial charge in [-0.15, -0.1) is 12.4 Å². The predicted molar refractivity (Wildman–Crippen MR) is 108 cm³/mol. The molecule has 0 saturated carbocycles. The fourth-order valence-electron chi connectivity index (χ4n) is 4.71. The van der Waals surface area contributed by atoms with Crippen molar-refractivity contribution in [3.05, 3.63) is 35.4 Å². The summed E-state index contributed by atoms with van der Waals surface area (Å²) in [6.45, 7) is 6.47. The van der Waals surface area contributed by atoms with Crippen LogP contribution in [-0.2, 0) is 16.1 Å². The number of carbonyl (C=O) groups is 2. The van der Waals surface area contributed by atoms with Crippen LogP contribution >= 0.6 is 12.4 Å². The number of hydrogen-bond donors (Lipinski definition) is 1. The zero-order valence-electron chi connectivity index (χ0n) is 16.1. The summed E-state index contributed by atoms with van der Waals surface area (Å²) in [5, 5.41) is 3.47. The molecule has 4 rings (SSSR count). The molecule has 3 aliphatic rings. The number of aryl methyl sites for hydroxylation is 1. The summed E-state index contributed by atoms with van der Waals surface area (Å²) in [5.41, 5.74) is 2.71. The van der Waals surface area contributed by atoms with Crippen molar-refractivity contribution >= 4 is 24.2 Å². The van der Waals surface area contributed by atoms with Crippen LogP contribution in [0.5, 0.6) is 0 Å². The van der Waals surface area contributed by atoms with E-state index in [0.29, 0.717) is 24.8 Å². The molecule has 1 atom stereocenters. The van der Waals surface area contributed by atoms with Gasteiger partial charge in [-0.2, -0.15) is 0 Å². The molecule has 3 saturated heterocycles. The highest BCUT2D eigenvalue weighted by Crippen LogP contribution is 2.37. The minimum atomic E-state index is -0.278. The highest BCUT2D eigenvalue weighted by molar-refractivity contribution is 5.91. The van der Waals surface area contributed by atoms with Gasteiger partial charge in [-0.1, -0.05) is 29.8 Å². The van der Waals surface area contributed by atoms with Crippen LogP contribution in [0.2, 0.25) is 0 Å². The normalized spacial score (nSPS) is 24.3. The van der Waals surface area contributed by atoms with Crippen molar-refractivity contribution < 1.29 is 9.59 Å². The summed E-state index contributed by atoms with van der Waals surface area (Å²) in [4.78, 5) is 29.3. The summed E-state index contributed by atoms with van der Waals surface area (Å²) < 4.78 is 0. The number of nitrogens with one attached hydrogen (secondary N) is 1. The lowest BCUT2D eigenvalue weighted by atomic mass is 9.77. The van der Waals surface area contributed by atoms with E-state index < -0.39 is 0 Å². The Kier molecular flexibility index (Phi) is 6.11. The van der Waals surface area contributed by atoms with Crippen LogP contribution in [0.3, 0.4) is 0 Å². The number of likely N-dealkylation sites (tertiary alicyclic amines) is 2. The maximum atomic E-state index is 13.1. The highest BCUT2D eigenvalue weighted by atomic mass is 35.5. The highest BCUT2D eigenvalue weighted by Gasteiger charge is 2.42. The summed E-state index contributed by atoms with van der Waals surface area (Å²) in [6, 6.07) is 7.96. The zero-order chi connectivity index (χ0) is 18.1. The van der Waals surface area contributed by atoms with Crippen molar-refractivity contribution in [2.45, 2.75) is 51.6 Å². The lowest BCUT2D eigenvalue weighted by molar-refractivity contribution is -0.143. The van der Waals surface area contributed by atoms with Gasteiger partial charge < -0.3 is 15.1 Å². The average Bonchev–Trinajstić information content (AvgIpc) is 3.25. The van der Waals surface area contributed by atoms with Gasteiger partial charge in [0.25, 0.3) is 0 Å². The Labute approximate surface area is 167 Å². The summed E-state index contributed by atoms with van der Waals surface area (Å²) in [5.74, 6) is 0.265. The van der Waals surface area contributed by atoms with Crippen molar-refractivity contribution in [2.24, 2.45) is 5.41 Å². The molecule has 0 bridgehead atoms. The van der Waals surface area contributed by atoms with Crippen molar-refractivity contribution in [3.8, 4) is 0 Å². The molecule has 1 aromatic carbocycles. The number of carbonyl (C=O) groups excluding carboxylic acids is 2. The first-order chi connectivity index (χ1) is 12.6. The van der Waals surface area contributed by atoms with E-state index in [0.717, 1.165) is 44.6 Å². The molecule has 0 aromatic heterocycles. The minimum Gasteiger partial charge on any atom is -0.341 e. The Morgan fingerprint density at radius 1 is 1.19 bits per heavy atom. The molecule has 0 aliphatic carbocycles. The van der Waals surface area contributed by atoms with Gasteiger partial charge >= 0.3 is 0 Å². The van der Waals surface area contributed by atoms with Gasteiger partial charge in [0.05, 0.1) is 0 Å². The fourth-order valence-corrected chi connectivity index (χ4v) is 4.71. The monoisotopic (exact) mass is 391 g/mol. The predicted octanol–water partition coefficient (Wildman–Crippen LogP) is 2.51. The molecular weight excluding hydrogens is 362 g/mol. The molecule has 2 amide bonds. The number of benzene rings is 1. The molecule has 3 aliphatic heterocycles. The van der Waals surface area contributed by atoms with Gasteiger partial charge in [-0.25, -0.2) is 0 Å². The van der Waals surface area contributed by atoms with E-state index in [1.54, 1.807) is 4.90 Å². The van der Waals surface area contributed by atoms with Crippen molar-refractivity contribution in [1.29, 1.82) is 0 Å². The van der Waals surface area contributed by atoms with E-state index in [-0.39, 0.29) is 30.3 Å². The Balaban J connectivity index is 0.00000210. The van der Waals surface area contributed by atoms with E-state index in [9.17, 15) is 9.59 Å². The smallest absolute Gasteiger partial charge is 0.245 e. The third-order valence-electron chi connectivity index (χ3n) is 6.55. The van der Waals surface area contributed by atoms with Gasteiger partial charge in [0.2, 0.25) is 11.8 Å². The maximum absolute atomic E-state index is 13.1. The zero-order valence-corrected chi connectivity index (χ0v) is 16.9. The molecule has 5 nitrogen and oxygen atoms in total.